The van der Waals surface area contributed by atoms with Crippen molar-refractivity contribution in [1.82, 2.24) is 19.6 Å². The standard InChI is InChI=1S/C12H8F2N4O/c1-7-4-11(18-12(17-7)15-6-16-18)19-10-3-2-8(13)5-9(10)14/h2-6H,1H3. The van der Waals surface area contributed by atoms with Crippen LogP contribution in [0.5, 0.6) is 11.6 Å². The van der Waals surface area contributed by atoms with E-state index in [0.29, 0.717) is 11.5 Å². The van der Waals surface area contributed by atoms with Crippen LogP contribution in [0.2, 0.25) is 0 Å². The van der Waals surface area contributed by atoms with Crippen LogP contribution in [0.15, 0.2) is 30.6 Å². The number of hydrogen-bond donors (Lipinski definition) is 0. The molecule has 0 saturated carbocycles. The van der Waals surface area contributed by atoms with Gasteiger partial charge in [-0.2, -0.15) is 14.6 Å². The van der Waals surface area contributed by atoms with Crippen molar-refractivity contribution < 1.29 is 13.5 Å². The van der Waals surface area contributed by atoms with Gasteiger partial charge in [-0.25, -0.2) is 13.8 Å². The molecule has 0 unspecified atom stereocenters. The van der Waals surface area contributed by atoms with Crippen molar-refractivity contribution in [2.24, 2.45) is 0 Å². The van der Waals surface area contributed by atoms with Crippen LogP contribution in [0, 0.1) is 18.6 Å². The van der Waals surface area contributed by atoms with Crippen LogP contribution in [0.1, 0.15) is 5.69 Å². The van der Waals surface area contributed by atoms with Crippen LogP contribution in [0.3, 0.4) is 0 Å². The molecule has 3 rings (SSSR count). The molecule has 0 aliphatic carbocycles. The zero-order valence-corrected chi connectivity index (χ0v) is 9.84. The lowest BCUT2D eigenvalue weighted by atomic mass is 10.3. The Morgan fingerprint density at radius 3 is 2.84 bits per heavy atom. The molecule has 2 heterocycles. The van der Waals surface area contributed by atoms with Crippen molar-refractivity contribution in [3.63, 3.8) is 0 Å². The van der Waals surface area contributed by atoms with Gasteiger partial charge in [0, 0.05) is 17.8 Å². The number of rotatable bonds is 2. The van der Waals surface area contributed by atoms with Gasteiger partial charge >= 0.3 is 0 Å². The zero-order chi connectivity index (χ0) is 13.4. The van der Waals surface area contributed by atoms with E-state index in [4.69, 9.17) is 4.74 Å². The summed E-state index contributed by atoms with van der Waals surface area (Å²) in [4.78, 5) is 8.06. The molecular weight excluding hydrogens is 254 g/mol. The minimum absolute atomic E-state index is 0.0937. The zero-order valence-electron chi connectivity index (χ0n) is 9.84. The first kappa shape index (κ1) is 11.5. The number of fused-ring (bicyclic) bond motifs is 1. The van der Waals surface area contributed by atoms with E-state index in [9.17, 15) is 8.78 Å². The molecule has 3 aromatic rings. The lowest BCUT2D eigenvalue weighted by molar-refractivity contribution is 0.411. The van der Waals surface area contributed by atoms with E-state index in [2.05, 4.69) is 15.1 Å². The van der Waals surface area contributed by atoms with E-state index in [1.54, 1.807) is 13.0 Å². The molecule has 0 bridgehead atoms. The number of ether oxygens (including phenoxy) is 1. The van der Waals surface area contributed by atoms with E-state index < -0.39 is 11.6 Å². The summed E-state index contributed by atoms with van der Waals surface area (Å²) in [7, 11) is 0. The molecule has 0 aliphatic rings. The Balaban J connectivity index is 2.07. The van der Waals surface area contributed by atoms with Gasteiger partial charge in [-0.3, -0.25) is 0 Å². The number of halogens is 2. The van der Waals surface area contributed by atoms with Crippen molar-refractivity contribution in [2.45, 2.75) is 6.92 Å². The maximum atomic E-state index is 13.5. The predicted octanol–water partition coefficient (Wildman–Crippen LogP) is 2.50. The Kier molecular flexibility index (Phi) is 2.59. The summed E-state index contributed by atoms with van der Waals surface area (Å²) < 4.78 is 33.1. The van der Waals surface area contributed by atoms with Crippen molar-refractivity contribution in [2.75, 3.05) is 0 Å². The molecule has 1 aromatic carbocycles. The predicted molar refractivity (Wildman–Crippen MR) is 62.0 cm³/mol. The monoisotopic (exact) mass is 262 g/mol. The van der Waals surface area contributed by atoms with Crippen molar-refractivity contribution >= 4 is 5.78 Å². The second-order valence-electron chi connectivity index (χ2n) is 3.88. The molecule has 0 fully saturated rings. The minimum atomic E-state index is -0.789. The first-order valence-corrected chi connectivity index (χ1v) is 5.44. The van der Waals surface area contributed by atoms with Crippen LogP contribution in [0.25, 0.3) is 5.78 Å². The van der Waals surface area contributed by atoms with E-state index in [1.165, 1.54) is 16.9 Å². The normalized spacial score (nSPS) is 10.9. The maximum absolute atomic E-state index is 13.5. The van der Waals surface area contributed by atoms with Gasteiger partial charge in [0.05, 0.1) is 0 Å². The molecule has 0 atom stereocenters. The molecule has 0 radical (unpaired) electrons. The van der Waals surface area contributed by atoms with Crippen molar-refractivity contribution in [1.29, 1.82) is 0 Å². The second kappa shape index (κ2) is 4.27. The highest BCUT2D eigenvalue weighted by molar-refractivity contribution is 5.36. The van der Waals surface area contributed by atoms with E-state index in [0.717, 1.165) is 12.1 Å². The Labute approximate surface area is 106 Å². The topological polar surface area (TPSA) is 52.3 Å². The minimum Gasteiger partial charge on any atom is -0.436 e. The lowest BCUT2D eigenvalue weighted by Gasteiger charge is -2.08. The Morgan fingerprint density at radius 1 is 1.21 bits per heavy atom. The number of aromatic nitrogens is 4. The summed E-state index contributed by atoms with van der Waals surface area (Å²) in [5.41, 5.74) is 0.651. The van der Waals surface area contributed by atoms with Gasteiger partial charge in [-0.05, 0) is 19.1 Å². The van der Waals surface area contributed by atoms with Crippen LogP contribution >= 0.6 is 0 Å². The molecule has 7 heteroatoms. The van der Waals surface area contributed by atoms with Gasteiger partial charge in [0.2, 0.25) is 5.88 Å². The summed E-state index contributed by atoms with van der Waals surface area (Å²) in [6.07, 6.45) is 1.32. The highest BCUT2D eigenvalue weighted by Gasteiger charge is 2.11. The van der Waals surface area contributed by atoms with Gasteiger partial charge in [-0.15, -0.1) is 0 Å². The van der Waals surface area contributed by atoms with Crippen molar-refractivity contribution in [3.05, 3.63) is 47.9 Å². The molecule has 0 spiro atoms. The van der Waals surface area contributed by atoms with Crippen LogP contribution in [0.4, 0.5) is 8.78 Å². The molecule has 19 heavy (non-hydrogen) atoms. The number of aryl methyl sites for hydroxylation is 1. The third kappa shape index (κ3) is 2.10. The van der Waals surface area contributed by atoms with E-state index in [1.807, 2.05) is 0 Å². The largest absolute Gasteiger partial charge is 0.436 e. The van der Waals surface area contributed by atoms with Gasteiger partial charge < -0.3 is 4.74 Å². The highest BCUT2D eigenvalue weighted by Crippen LogP contribution is 2.25. The first-order valence-electron chi connectivity index (χ1n) is 5.44. The summed E-state index contributed by atoms with van der Waals surface area (Å²) in [6.45, 7) is 1.75. The third-order valence-electron chi connectivity index (χ3n) is 2.46. The maximum Gasteiger partial charge on any atom is 0.255 e. The third-order valence-corrected chi connectivity index (χ3v) is 2.46. The summed E-state index contributed by atoms with van der Waals surface area (Å²) >= 11 is 0. The second-order valence-corrected chi connectivity index (χ2v) is 3.88. The summed E-state index contributed by atoms with van der Waals surface area (Å²) in [5.74, 6) is -0.948. The molecule has 0 amide bonds. The van der Waals surface area contributed by atoms with Gasteiger partial charge in [0.15, 0.2) is 11.6 Å². The Morgan fingerprint density at radius 2 is 2.05 bits per heavy atom. The highest BCUT2D eigenvalue weighted by atomic mass is 19.1. The average Bonchev–Trinajstić information content (AvgIpc) is 2.80. The van der Waals surface area contributed by atoms with Crippen LogP contribution in [-0.4, -0.2) is 19.6 Å². The SMILES string of the molecule is Cc1cc(Oc2ccc(F)cc2F)n2ncnc2n1. The van der Waals surface area contributed by atoms with Gasteiger partial charge in [0.1, 0.15) is 12.1 Å². The van der Waals surface area contributed by atoms with Crippen LogP contribution in [-0.2, 0) is 0 Å². The molecule has 0 saturated heterocycles. The van der Waals surface area contributed by atoms with Crippen LogP contribution < -0.4 is 4.74 Å². The number of nitrogens with zero attached hydrogens (tertiary/aromatic N) is 4. The first-order chi connectivity index (χ1) is 9.13. The van der Waals surface area contributed by atoms with E-state index in [-0.39, 0.29) is 11.6 Å². The quantitative estimate of drug-likeness (QED) is 0.712. The van der Waals surface area contributed by atoms with E-state index >= 15 is 0 Å². The van der Waals surface area contributed by atoms with Crippen molar-refractivity contribution in [3.8, 4) is 11.6 Å². The number of benzene rings is 1. The average molecular weight is 262 g/mol. The fourth-order valence-corrected chi connectivity index (χ4v) is 1.64. The molecule has 0 aliphatic heterocycles. The fourth-order valence-electron chi connectivity index (χ4n) is 1.64. The smallest absolute Gasteiger partial charge is 0.255 e. The fraction of sp³-hybridized carbons (Fsp3) is 0.0833. The van der Waals surface area contributed by atoms with Gasteiger partial charge in [-0.1, -0.05) is 0 Å². The van der Waals surface area contributed by atoms with Gasteiger partial charge in [0.25, 0.3) is 5.78 Å². The molecule has 5 nitrogen and oxygen atoms in total. The molecule has 96 valence electrons. The number of hydrogen-bond acceptors (Lipinski definition) is 4. The Hall–Kier alpha value is -2.57. The molecular formula is C12H8F2N4O. The lowest BCUT2D eigenvalue weighted by Crippen LogP contribution is -2.00. The summed E-state index contributed by atoms with van der Waals surface area (Å²) in [6, 6.07) is 4.67. The Bertz CT molecular complexity index is 757. The molecule has 2 aromatic heterocycles. The molecule has 0 N–H and O–H groups in total. The summed E-state index contributed by atoms with van der Waals surface area (Å²) in [5, 5.41) is 3.92.